The van der Waals surface area contributed by atoms with Gasteiger partial charge in [0.2, 0.25) is 0 Å². The highest BCUT2D eigenvalue weighted by Crippen LogP contribution is 2.36. The Bertz CT molecular complexity index is 563. The summed E-state index contributed by atoms with van der Waals surface area (Å²) in [6, 6.07) is 8.38. The maximum Gasteiger partial charge on any atom is 0.0726 e. The number of anilines is 1. The third-order valence-electron chi connectivity index (χ3n) is 3.56. The van der Waals surface area contributed by atoms with Crippen molar-refractivity contribution in [1.29, 1.82) is 0 Å². The molecule has 0 spiro atoms. The molecule has 0 amide bonds. The number of benzene rings is 1. The Morgan fingerprint density at radius 1 is 1.35 bits per heavy atom. The molecule has 3 heteroatoms. The molecule has 17 heavy (non-hydrogen) atoms. The standard InChI is InChI=1S/C14H17N3/c1-16-14-9-5-2-3-7-11(9)17-12-8-4-6-10(15)13(12)14/h2-3,5,7,10H,4,6,8,15H2,1H3,(H,16,17). The van der Waals surface area contributed by atoms with Crippen molar-refractivity contribution in [3.05, 3.63) is 35.5 Å². The Balaban J connectivity index is 2.36. The van der Waals surface area contributed by atoms with Gasteiger partial charge in [-0.15, -0.1) is 0 Å². The highest BCUT2D eigenvalue weighted by atomic mass is 14.9. The molecule has 3 N–H and O–H groups in total. The van der Waals surface area contributed by atoms with Gasteiger partial charge in [0, 0.05) is 35.4 Å². The fraction of sp³-hybridized carbons (Fsp3) is 0.357. The fourth-order valence-corrected chi connectivity index (χ4v) is 2.77. The van der Waals surface area contributed by atoms with E-state index in [-0.39, 0.29) is 6.04 Å². The summed E-state index contributed by atoms with van der Waals surface area (Å²) in [6.45, 7) is 0. The van der Waals surface area contributed by atoms with Gasteiger partial charge in [-0.3, -0.25) is 4.98 Å². The van der Waals surface area contributed by atoms with Crippen molar-refractivity contribution in [1.82, 2.24) is 4.98 Å². The molecular weight excluding hydrogens is 210 g/mol. The second-order valence-corrected chi connectivity index (χ2v) is 4.61. The fourth-order valence-electron chi connectivity index (χ4n) is 2.77. The molecule has 0 fully saturated rings. The normalized spacial score (nSPS) is 19.1. The minimum absolute atomic E-state index is 0.123. The summed E-state index contributed by atoms with van der Waals surface area (Å²) in [5.74, 6) is 0. The lowest BCUT2D eigenvalue weighted by Gasteiger charge is -2.25. The quantitative estimate of drug-likeness (QED) is 0.787. The monoisotopic (exact) mass is 227 g/mol. The van der Waals surface area contributed by atoms with Crippen LogP contribution in [0.25, 0.3) is 10.9 Å². The summed E-state index contributed by atoms with van der Waals surface area (Å²) < 4.78 is 0. The number of nitrogens with two attached hydrogens (primary N) is 1. The van der Waals surface area contributed by atoms with Gasteiger partial charge in [0.05, 0.1) is 5.52 Å². The van der Waals surface area contributed by atoms with Crippen LogP contribution in [0.3, 0.4) is 0 Å². The van der Waals surface area contributed by atoms with E-state index in [2.05, 4.69) is 17.4 Å². The number of hydrogen-bond donors (Lipinski definition) is 2. The molecular formula is C14H17N3. The van der Waals surface area contributed by atoms with Crippen LogP contribution in [-0.2, 0) is 6.42 Å². The largest absolute Gasteiger partial charge is 0.387 e. The van der Waals surface area contributed by atoms with E-state index in [1.54, 1.807) is 0 Å². The maximum absolute atomic E-state index is 6.23. The molecule has 88 valence electrons. The van der Waals surface area contributed by atoms with E-state index in [1.807, 2.05) is 19.2 Å². The minimum atomic E-state index is 0.123. The first-order chi connectivity index (χ1) is 8.31. The number of pyridine rings is 1. The molecule has 2 aromatic rings. The highest BCUT2D eigenvalue weighted by Gasteiger charge is 2.23. The van der Waals surface area contributed by atoms with Crippen LogP contribution in [0.4, 0.5) is 5.69 Å². The van der Waals surface area contributed by atoms with Crippen LogP contribution in [0.5, 0.6) is 0 Å². The van der Waals surface area contributed by atoms with E-state index in [4.69, 9.17) is 10.7 Å². The van der Waals surface area contributed by atoms with E-state index in [1.165, 1.54) is 16.6 Å². The first-order valence-corrected chi connectivity index (χ1v) is 6.16. The molecule has 1 atom stereocenters. The zero-order valence-corrected chi connectivity index (χ0v) is 10.0. The molecule has 1 heterocycles. The summed E-state index contributed by atoms with van der Waals surface area (Å²) in [7, 11) is 1.96. The van der Waals surface area contributed by atoms with Crippen LogP contribution in [0, 0.1) is 0 Å². The average molecular weight is 227 g/mol. The molecule has 3 rings (SSSR count). The predicted molar refractivity (Wildman–Crippen MR) is 71.2 cm³/mol. The first-order valence-electron chi connectivity index (χ1n) is 6.16. The van der Waals surface area contributed by atoms with Crippen LogP contribution >= 0.6 is 0 Å². The molecule has 1 aliphatic carbocycles. The predicted octanol–water partition coefficient (Wildman–Crippen LogP) is 2.61. The van der Waals surface area contributed by atoms with Gasteiger partial charge in [0.15, 0.2) is 0 Å². The Hall–Kier alpha value is -1.61. The van der Waals surface area contributed by atoms with Crippen molar-refractivity contribution < 1.29 is 0 Å². The van der Waals surface area contributed by atoms with Crippen molar-refractivity contribution in [2.75, 3.05) is 12.4 Å². The number of aryl methyl sites for hydroxylation is 1. The molecule has 0 saturated carbocycles. The van der Waals surface area contributed by atoms with Crippen LogP contribution < -0.4 is 11.1 Å². The summed E-state index contributed by atoms with van der Waals surface area (Å²) in [5.41, 5.74) is 10.9. The summed E-state index contributed by atoms with van der Waals surface area (Å²) in [6.07, 6.45) is 3.24. The smallest absolute Gasteiger partial charge is 0.0726 e. The lowest BCUT2D eigenvalue weighted by atomic mass is 9.89. The topological polar surface area (TPSA) is 50.9 Å². The zero-order valence-electron chi connectivity index (χ0n) is 10.0. The third kappa shape index (κ3) is 1.58. The molecule has 0 bridgehead atoms. The van der Waals surface area contributed by atoms with Crippen molar-refractivity contribution >= 4 is 16.6 Å². The lowest BCUT2D eigenvalue weighted by Crippen LogP contribution is -2.20. The second-order valence-electron chi connectivity index (χ2n) is 4.61. The van der Waals surface area contributed by atoms with E-state index in [0.717, 1.165) is 30.5 Å². The third-order valence-corrected chi connectivity index (χ3v) is 3.56. The van der Waals surface area contributed by atoms with Crippen molar-refractivity contribution in [3.63, 3.8) is 0 Å². The first kappa shape index (κ1) is 10.5. The number of nitrogens with one attached hydrogen (secondary N) is 1. The molecule has 1 aromatic heterocycles. The Kier molecular flexibility index (Phi) is 2.48. The zero-order chi connectivity index (χ0) is 11.8. The van der Waals surface area contributed by atoms with Gasteiger partial charge in [-0.2, -0.15) is 0 Å². The average Bonchev–Trinajstić information content (AvgIpc) is 2.36. The van der Waals surface area contributed by atoms with E-state index < -0.39 is 0 Å². The Morgan fingerprint density at radius 2 is 2.18 bits per heavy atom. The Morgan fingerprint density at radius 3 is 3.00 bits per heavy atom. The van der Waals surface area contributed by atoms with Crippen molar-refractivity contribution in [2.24, 2.45) is 5.73 Å². The second kappa shape index (κ2) is 4.00. The summed E-state index contributed by atoms with van der Waals surface area (Å²) in [4.78, 5) is 4.75. The van der Waals surface area contributed by atoms with E-state index in [0.29, 0.717) is 0 Å². The van der Waals surface area contributed by atoms with E-state index in [9.17, 15) is 0 Å². The van der Waals surface area contributed by atoms with Crippen molar-refractivity contribution in [3.8, 4) is 0 Å². The molecule has 3 nitrogen and oxygen atoms in total. The van der Waals surface area contributed by atoms with Crippen LogP contribution in [0.1, 0.15) is 30.1 Å². The minimum Gasteiger partial charge on any atom is -0.387 e. The maximum atomic E-state index is 6.23. The number of nitrogens with zero attached hydrogens (tertiary/aromatic N) is 1. The van der Waals surface area contributed by atoms with Gasteiger partial charge in [0.25, 0.3) is 0 Å². The van der Waals surface area contributed by atoms with Gasteiger partial charge in [-0.25, -0.2) is 0 Å². The highest BCUT2D eigenvalue weighted by molar-refractivity contribution is 5.93. The summed E-state index contributed by atoms with van der Waals surface area (Å²) in [5, 5.41) is 4.48. The van der Waals surface area contributed by atoms with Crippen LogP contribution in [0.15, 0.2) is 24.3 Å². The van der Waals surface area contributed by atoms with Crippen molar-refractivity contribution in [2.45, 2.75) is 25.3 Å². The van der Waals surface area contributed by atoms with Gasteiger partial charge in [0.1, 0.15) is 0 Å². The molecule has 1 aliphatic rings. The van der Waals surface area contributed by atoms with Gasteiger partial charge >= 0.3 is 0 Å². The van der Waals surface area contributed by atoms with Gasteiger partial charge < -0.3 is 11.1 Å². The molecule has 1 unspecified atom stereocenters. The summed E-state index contributed by atoms with van der Waals surface area (Å²) >= 11 is 0. The van der Waals surface area contributed by atoms with Gasteiger partial charge in [-0.1, -0.05) is 18.2 Å². The molecule has 0 aliphatic heterocycles. The van der Waals surface area contributed by atoms with Gasteiger partial charge in [-0.05, 0) is 25.3 Å². The SMILES string of the molecule is CNc1c2c(nc3ccccc13)CCCC2N. The number of fused-ring (bicyclic) bond motifs is 2. The molecule has 0 saturated heterocycles. The molecule has 0 radical (unpaired) electrons. The van der Waals surface area contributed by atoms with E-state index >= 15 is 0 Å². The number of hydrogen-bond acceptors (Lipinski definition) is 3. The number of para-hydroxylation sites is 1. The number of aromatic nitrogens is 1. The van der Waals surface area contributed by atoms with Crippen LogP contribution in [-0.4, -0.2) is 12.0 Å². The molecule has 1 aromatic carbocycles. The van der Waals surface area contributed by atoms with Crippen LogP contribution in [0.2, 0.25) is 0 Å². The Labute approximate surface area is 101 Å². The lowest BCUT2D eigenvalue weighted by molar-refractivity contribution is 0.563. The number of rotatable bonds is 1.